The second kappa shape index (κ2) is 15.3. The van der Waals surface area contributed by atoms with Crippen LogP contribution in [0.25, 0.3) is 0 Å². The predicted octanol–water partition coefficient (Wildman–Crippen LogP) is 6.65. The summed E-state index contributed by atoms with van der Waals surface area (Å²) in [5, 5.41) is 0. The topological polar surface area (TPSA) is 63.2 Å². The van der Waals surface area contributed by atoms with Gasteiger partial charge in [-0.3, -0.25) is 4.79 Å². The zero-order valence-corrected chi connectivity index (χ0v) is 24.9. The van der Waals surface area contributed by atoms with Gasteiger partial charge in [-0.2, -0.15) is 0 Å². The Morgan fingerprint density at radius 3 is 1.45 bits per heavy atom. The smallest absolute Gasteiger partial charge is 0.207 e. The standard InChI is InChI=1S/C35H35BrO6/c36-35(26-37)34(41-24-30-19-11-4-12-20-30)33(40-23-29-17-9-3-10-18-29)32(39-22-28-15-7-2-8-16-28)31(42-35)25-38-21-27-13-5-1-6-14-27/h1-20,26,31-34H,21-25H2/t31-,32-,33+,34+,35+/m1/s1. The van der Waals surface area contributed by atoms with Crippen molar-refractivity contribution < 1.29 is 28.5 Å². The van der Waals surface area contributed by atoms with Gasteiger partial charge in [-0.15, -0.1) is 0 Å². The van der Waals surface area contributed by atoms with Gasteiger partial charge in [-0.1, -0.05) is 121 Å². The van der Waals surface area contributed by atoms with E-state index in [-0.39, 0.29) is 13.2 Å². The highest BCUT2D eigenvalue weighted by Crippen LogP contribution is 2.39. The first-order valence-corrected chi connectivity index (χ1v) is 14.9. The molecule has 1 aliphatic rings. The lowest BCUT2D eigenvalue weighted by Gasteiger charge is -2.48. The van der Waals surface area contributed by atoms with Gasteiger partial charge in [0.25, 0.3) is 0 Å². The van der Waals surface area contributed by atoms with Gasteiger partial charge in [0, 0.05) is 0 Å². The van der Waals surface area contributed by atoms with Crippen LogP contribution in [-0.4, -0.2) is 41.8 Å². The van der Waals surface area contributed by atoms with E-state index in [9.17, 15) is 4.79 Å². The first kappa shape index (κ1) is 30.3. The fourth-order valence-corrected chi connectivity index (χ4v) is 5.58. The number of carbonyl (C=O) groups excluding carboxylic acids is 1. The van der Waals surface area contributed by atoms with Crippen molar-refractivity contribution >= 4 is 22.2 Å². The van der Waals surface area contributed by atoms with Crippen LogP contribution in [0.4, 0.5) is 0 Å². The molecule has 218 valence electrons. The first-order chi connectivity index (χ1) is 20.6. The largest absolute Gasteiger partial charge is 0.374 e. The summed E-state index contributed by atoms with van der Waals surface area (Å²) >= 11 is 3.60. The second-order valence-corrected chi connectivity index (χ2v) is 11.5. The monoisotopic (exact) mass is 630 g/mol. The first-order valence-electron chi connectivity index (χ1n) is 14.1. The Labute approximate surface area is 255 Å². The molecule has 1 saturated heterocycles. The van der Waals surface area contributed by atoms with Gasteiger partial charge in [0.05, 0.1) is 33.0 Å². The molecule has 0 saturated carbocycles. The van der Waals surface area contributed by atoms with Crippen LogP contribution in [0, 0.1) is 0 Å². The zero-order chi connectivity index (χ0) is 29.0. The van der Waals surface area contributed by atoms with E-state index < -0.39 is 28.9 Å². The van der Waals surface area contributed by atoms with Crippen LogP contribution >= 0.6 is 15.9 Å². The SMILES string of the molecule is O=C[C@]1(Br)O[C@H](COCc2ccccc2)[C@@H](OCc2ccccc2)[C@H](OCc2ccccc2)[C@@H]1OCc1ccccc1. The molecule has 0 N–H and O–H groups in total. The van der Waals surface area contributed by atoms with Crippen molar-refractivity contribution in [3.05, 3.63) is 144 Å². The number of alkyl halides is 1. The minimum absolute atomic E-state index is 0.187. The van der Waals surface area contributed by atoms with Crippen LogP contribution < -0.4 is 0 Å². The fourth-order valence-electron chi connectivity index (χ4n) is 4.95. The number of halogens is 1. The minimum atomic E-state index is -1.48. The van der Waals surface area contributed by atoms with E-state index in [2.05, 4.69) is 15.9 Å². The summed E-state index contributed by atoms with van der Waals surface area (Å²) in [5.41, 5.74) is 4.01. The summed E-state index contributed by atoms with van der Waals surface area (Å²) < 4.78 is 30.7. The van der Waals surface area contributed by atoms with Gasteiger partial charge in [-0.05, 0) is 38.2 Å². The maximum absolute atomic E-state index is 12.7. The number of hydrogen-bond donors (Lipinski definition) is 0. The summed E-state index contributed by atoms with van der Waals surface area (Å²) in [5.74, 6) is 0. The molecule has 5 atom stereocenters. The van der Waals surface area contributed by atoms with Gasteiger partial charge in [0.2, 0.25) is 4.51 Å². The average Bonchev–Trinajstić information content (AvgIpc) is 3.05. The van der Waals surface area contributed by atoms with Crippen LogP contribution in [0.15, 0.2) is 121 Å². The highest BCUT2D eigenvalue weighted by Gasteiger charge is 2.56. The molecule has 0 aliphatic carbocycles. The van der Waals surface area contributed by atoms with E-state index in [0.29, 0.717) is 19.8 Å². The fraction of sp³-hybridized carbons (Fsp3) is 0.286. The van der Waals surface area contributed by atoms with Gasteiger partial charge < -0.3 is 23.7 Å². The molecular weight excluding hydrogens is 596 g/mol. The van der Waals surface area contributed by atoms with E-state index >= 15 is 0 Å². The lowest BCUT2D eigenvalue weighted by molar-refractivity contribution is -0.271. The molecule has 0 spiro atoms. The Morgan fingerprint density at radius 1 is 0.595 bits per heavy atom. The van der Waals surface area contributed by atoms with Gasteiger partial charge in [0.1, 0.15) is 24.4 Å². The Kier molecular flexibility index (Phi) is 11.1. The predicted molar refractivity (Wildman–Crippen MR) is 164 cm³/mol. The quantitative estimate of drug-likeness (QED) is 0.115. The molecular formula is C35H35BrO6. The summed E-state index contributed by atoms with van der Waals surface area (Å²) in [6.07, 6.45) is -1.97. The molecule has 6 nitrogen and oxygen atoms in total. The lowest BCUT2D eigenvalue weighted by atomic mass is 9.94. The zero-order valence-electron chi connectivity index (χ0n) is 23.3. The van der Waals surface area contributed by atoms with Gasteiger partial charge in [-0.25, -0.2) is 0 Å². The molecule has 1 heterocycles. The Hall–Kier alpha value is -3.17. The number of ether oxygens (including phenoxy) is 5. The van der Waals surface area contributed by atoms with E-state index in [1.807, 2.05) is 121 Å². The van der Waals surface area contributed by atoms with Crippen molar-refractivity contribution in [3.63, 3.8) is 0 Å². The molecule has 7 heteroatoms. The van der Waals surface area contributed by atoms with Crippen LogP contribution in [0.5, 0.6) is 0 Å². The van der Waals surface area contributed by atoms with E-state index in [1.165, 1.54) is 0 Å². The lowest BCUT2D eigenvalue weighted by Crippen LogP contribution is -2.65. The van der Waals surface area contributed by atoms with Crippen molar-refractivity contribution in [2.75, 3.05) is 6.61 Å². The molecule has 0 unspecified atom stereocenters. The van der Waals surface area contributed by atoms with E-state index in [1.54, 1.807) is 0 Å². The summed E-state index contributed by atoms with van der Waals surface area (Å²) in [6, 6.07) is 39.6. The Morgan fingerprint density at radius 2 is 1.00 bits per heavy atom. The van der Waals surface area contributed by atoms with Crippen molar-refractivity contribution in [2.24, 2.45) is 0 Å². The van der Waals surface area contributed by atoms with Gasteiger partial charge in [0.15, 0.2) is 6.29 Å². The molecule has 42 heavy (non-hydrogen) atoms. The molecule has 5 rings (SSSR count). The van der Waals surface area contributed by atoms with Crippen LogP contribution in [0.2, 0.25) is 0 Å². The average molecular weight is 632 g/mol. The summed E-state index contributed by atoms with van der Waals surface area (Å²) in [7, 11) is 0. The summed E-state index contributed by atoms with van der Waals surface area (Å²) in [6.45, 7) is 1.48. The third kappa shape index (κ3) is 8.22. The maximum atomic E-state index is 12.7. The third-order valence-electron chi connectivity index (χ3n) is 7.11. The number of rotatable bonds is 14. The molecule has 0 aromatic heterocycles. The van der Waals surface area contributed by atoms with E-state index in [0.717, 1.165) is 28.5 Å². The van der Waals surface area contributed by atoms with Crippen LogP contribution in [0.3, 0.4) is 0 Å². The summed E-state index contributed by atoms with van der Waals surface area (Å²) in [4.78, 5) is 12.7. The molecule has 0 radical (unpaired) electrons. The number of hydrogen-bond acceptors (Lipinski definition) is 6. The maximum Gasteiger partial charge on any atom is 0.207 e. The van der Waals surface area contributed by atoms with Crippen molar-refractivity contribution in [2.45, 2.75) is 55.4 Å². The highest BCUT2D eigenvalue weighted by molar-refractivity contribution is 9.10. The van der Waals surface area contributed by atoms with E-state index in [4.69, 9.17) is 23.7 Å². The van der Waals surface area contributed by atoms with Crippen LogP contribution in [-0.2, 0) is 54.9 Å². The number of aldehydes is 1. The second-order valence-electron chi connectivity index (χ2n) is 10.2. The number of carbonyl (C=O) groups is 1. The molecule has 1 fully saturated rings. The van der Waals surface area contributed by atoms with Crippen molar-refractivity contribution in [1.82, 2.24) is 0 Å². The molecule has 1 aliphatic heterocycles. The molecule has 0 amide bonds. The van der Waals surface area contributed by atoms with Crippen LogP contribution in [0.1, 0.15) is 22.3 Å². The normalized spacial score (nSPS) is 23.8. The minimum Gasteiger partial charge on any atom is -0.374 e. The third-order valence-corrected chi connectivity index (χ3v) is 7.93. The van der Waals surface area contributed by atoms with Gasteiger partial charge >= 0.3 is 0 Å². The van der Waals surface area contributed by atoms with Crippen molar-refractivity contribution in [1.29, 1.82) is 0 Å². The Bertz CT molecular complexity index is 1340. The molecule has 0 bridgehead atoms. The number of benzene rings is 4. The molecule has 4 aromatic carbocycles. The highest BCUT2D eigenvalue weighted by atomic mass is 79.9. The molecule has 4 aromatic rings. The Balaban J connectivity index is 1.42. The van der Waals surface area contributed by atoms with Crippen molar-refractivity contribution in [3.8, 4) is 0 Å².